The molecule has 0 spiro atoms. The Bertz CT molecular complexity index is 382. The second-order valence-electron chi connectivity index (χ2n) is 3.83. The molecule has 0 nitrogen and oxygen atoms in total. The maximum atomic E-state index is 6.23. The monoisotopic (exact) mass is 318 g/mol. The van der Waals surface area contributed by atoms with Crippen LogP contribution in [0.3, 0.4) is 0 Å². The van der Waals surface area contributed by atoms with E-state index in [1.54, 1.807) is 0 Å². The average molecular weight is 319 g/mol. The SMILES string of the molecule is C[C@H]1C=Cc2cc(I)cc(Cl)c2CC1. The van der Waals surface area contributed by atoms with Crippen molar-refractivity contribution in [2.75, 3.05) is 0 Å². The van der Waals surface area contributed by atoms with E-state index in [-0.39, 0.29) is 0 Å². The first-order chi connectivity index (χ1) is 6.66. The third kappa shape index (κ3) is 2.14. The van der Waals surface area contributed by atoms with E-state index in [0.29, 0.717) is 5.92 Å². The van der Waals surface area contributed by atoms with E-state index in [4.69, 9.17) is 11.6 Å². The summed E-state index contributed by atoms with van der Waals surface area (Å²) < 4.78 is 1.21. The Morgan fingerprint density at radius 1 is 1.43 bits per heavy atom. The van der Waals surface area contributed by atoms with Crippen LogP contribution in [0, 0.1) is 9.49 Å². The topological polar surface area (TPSA) is 0 Å². The average Bonchev–Trinajstić information content (AvgIpc) is 2.28. The minimum absolute atomic E-state index is 0.663. The Kier molecular flexibility index (Phi) is 3.17. The highest BCUT2D eigenvalue weighted by atomic mass is 127. The molecule has 0 aliphatic heterocycles. The van der Waals surface area contributed by atoms with E-state index in [0.717, 1.165) is 11.4 Å². The van der Waals surface area contributed by atoms with Gasteiger partial charge >= 0.3 is 0 Å². The lowest BCUT2D eigenvalue weighted by molar-refractivity contribution is 0.655. The number of fused-ring (bicyclic) bond motifs is 1. The Hall–Kier alpha value is -0.0200. The first kappa shape index (κ1) is 10.5. The second kappa shape index (κ2) is 4.23. The minimum atomic E-state index is 0.663. The van der Waals surface area contributed by atoms with Crippen molar-refractivity contribution < 1.29 is 0 Å². The van der Waals surface area contributed by atoms with E-state index < -0.39 is 0 Å². The summed E-state index contributed by atoms with van der Waals surface area (Å²) in [5.74, 6) is 0.663. The molecule has 0 amide bonds. The van der Waals surface area contributed by atoms with Crippen LogP contribution in [0.25, 0.3) is 6.08 Å². The van der Waals surface area contributed by atoms with Crippen LogP contribution in [0.5, 0.6) is 0 Å². The molecular formula is C12H12ClI. The summed E-state index contributed by atoms with van der Waals surface area (Å²) in [6.45, 7) is 2.25. The lowest BCUT2D eigenvalue weighted by Gasteiger charge is -2.07. The molecule has 0 saturated heterocycles. The third-order valence-corrected chi connectivity index (χ3v) is 3.61. The highest BCUT2D eigenvalue weighted by Crippen LogP contribution is 2.29. The number of benzene rings is 1. The van der Waals surface area contributed by atoms with Crippen LogP contribution in [0.2, 0.25) is 5.02 Å². The van der Waals surface area contributed by atoms with E-state index in [1.165, 1.54) is 21.1 Å². The summed E-state index contributed by atoms with van der Waals surface area (Å²) in [4.78, 5) is 0. The molecule has 1 atom stereocenters. The second-order valence-corrected chi connectivity index (χ2v) is 5.48. The minimum Gasteiger partial charge on any atom is -0.0840 e. The normalized spacial score (nSPS) is 20.4. The lowest BCUT2D eigenvalue weighted by Crippen LogP contribution is -1.93. The number of allylic oxidation sites excluding steroid dienone is 1. The first-order valence-electron chi connectivity index (χ1n) is 4.83. The van der Waals surface area contributed by atoms with Gasteiger partial charge in [0.2, 0.25) is 0 Å². The molecule has 0 bridgehead atoms. The van der Waals surface area contributed by atoms with E-state index in [2.05, 4.69) is 47.7 Å². The molecule has 0 unspecified atom stereocenters. The number of rotatable bonds is 0. The summed E-state index contributed by atoms with van der Waals surface area (Å²) in [5, 5.41) is 0.922. The van der Waals surface area contributed by atoms with E-state index in [9.17, 15) is 0 Å². The molecule has 0 heterocycles. The van der Waals surface area contributed by atoms with Crippen LogP contribution >= 0.6 is 34.2 Å². The summed E-state index contributed by atoms with van der Waals surface area (Å²) in [7, 11) is 0. The molecule has 0 saturated carbocycles. The van der Waals surface area contributed by atoms with Crippen LogP contribution in [0.1, 0.15) is 24.5 Å². The van der Waals surface area contributed by atoms with Crippen molar-refractivity contribution in [1.29, 1.82) is 0 Å². The van der Waals surface area contributed by atoms with Crippen molar-refractivity contribution in [2.24, 2.45) is 5.92 Å². The van der Waals surface area contributed by atoms with Crippen molar-refractivity contribution in [3.8, 4) is 0 Å². The predicted molar refractivity (Wildman–Crippen MR) is 70.7 cm³/mol. The van der Waals surface area contributed by atoms with Crippen molar-refractivity contribution in [3.63, 3.8) is 0 Å². The largest absolute Gasteiger partial charge is 0.0840 e. The maximum Gasteiger partial charge on any atom is 0.0454 e. The quantitative estimate of drug-likeness (QED) is 0.616. The molecule has 2 rings (SSSR count). The van der Waals surface area contributed by atoms with Gasteiger partial charge in [-0.1, -0.05) is 30.7 Å². The molecule has 1 aliphatic carbocycles. The van der Waals surface area contributed by atoms with Gasteiger partial charge in [-0.2, -0.15) is 0 Å². The molecule has 0 radical (unpaired) electrons. The molecule has 1 aliphatic rings. The zero-order chi connectivity index (χ0) is 10.1. The fraction of sp³-hybridized carbons (Fsp3) is 0.333. The Labute approximate surface area is 103 Å². The smallest absolute Gasteiger partial charge is 0.0454 e. The van der Waals surface area contributed by atoms with Gasteiger partial charge < -0.3 is 0 Å². The maximum absolute atomic E-state index is 6.23. The number of hydrogen-bond donors (Lipinski definition) is 0. The van der Waals surface area contributed by atoms with Crippen molar-refractivity contribution in [2.45, 2.75) is 19.8 Å². The van der Waals surface area contributed by atoms with Crippen molar-refractivity contribution >= 4 is 40.3 Å². The van der Waals surface area contributed by atoms with Crippen molar-refractivity contribution in [1.82, 2.24) is 0 Å². The van der Waals surface area contributed by atoms with Gasteiger partial charge in [-0.15, -0.1) is 0 Å². The first-order valence-corrected chi connectivity index (χ1v) is 6.28. The van der Waals surface area contributed by atoms with Gasteiger partial charge in [-0.05, 0) is 64.6 Å². The molecule has 1 aromatic rings. The standard InChI is InChI=1S/C12H12ClI/c1-8-2-4-9-6-10(14)7-12(13)11(9)5-3-8/h2,4,6-8H,3,5H2,1H3/t8-/m0/s1. The van der Waals surface area contributed by atoms with Gasteiger partial charge in [0.15, 0.2) is 0 Å². The highest BCUT2D eigenvalue weighted by Gasteiger charge is 2.11. The molecule has 1 aromatic carbocycles. The number of halogens is 2. The van der Waals surface area contributed by atoms with E-state index in [1.807, 2.05) is 6.07 Å². The Balaban J connectivity index is 2.51. The summed E-state index contributed by atoms with van der Waals surface area (Å²) >= 11 is 8.54. The summed E-state index contributed by atoms with van der Waals surface area (Å²) in [5.41, 5.74) is 2.61. The Morgan fingerprint density at radius 2 is 2.21 bits per heavy atom. The summed E-state index contributed by atoms with van der Waals surface area (Å²) in [6.07, 6.45) is 6.78. The third-order valence-electron chi connectivity index (χ3n) is 2.65. The van der Waals surface area contributed by atoms with Gasteiger partial charge in [0.05, 0.1) is 0 Å². The molecule has 0 fully saturated rings. The molecule has 0 aromatic heterocycles. The van der Waals surface area contributed by atoms with Crippen LogP contribution in [-0.4, -0.2) is 0 Å². The fourth-order valence-electron chi connectivity index (χ4n) is 1.77. The van der Waals surface area contributed by atoms with Gasteiger partial charge in [0.1, 0.15) is 0 Å². The van der Waals surface area contributed by atoms with Crippen LogP contribution in [-0.2, 0) is 6.42 Å². The highest BCUT2D eigenvalue weighted by molar-refractivity contribution is 14.1. The van der Waals surface area contributed by atoms with Crippen LogP contribution < -0.4 is 0 Å². The predicted octanol–water partition coefficient (Wildman–Crippen LogP) is 4.54. The fourth-order valence-corrected chi connectivity index (χ4v) is 2.92. The molecular weight excluding hydrogens is 306 g/mol. The van der Waals surface area contributed by atoms with Crippen molar-refractivity contribution in [3.05, 3.63) is 37.9 Å². The van der Waals surface area contributed by atoms with Crippen LogP contribution in [0.15, 0.2) is 18.2 Å². The van der Waals surface area contributed by atoms with Crippen LogP contribution in [0.4, 0.5) is 0 Å². The summed E-state index contributed by atoms with van der Waals surface area (Å²) in [6, 6.07) is 4.25. The zero-order valence-electron chi connectivity index (χ0n) is 8.06. The Morgan fingerprint density at radius 3 is 3.00 bits per heavy atom. The molecule has 74 valence electrons. The van der Waals surface area contributed by atoms with Gasteiger partial charge in [0, 0.05) is 8.59 Å². The van der Waals surface area contributed by atoms with Gasteiger partial charge in [-0.3, -0.25) is 0 Å². The molecule has 0 N–H and O–H groups in total. The zero-order valence-corrected chi connectivity index (χ0v) is 11.0. The van der Waals surface area contributed by atoms with Gasteiger partial charge in [-0.25, -0.2) is 0 Å². The van der Waals surface area contributed by atoms with E-state index >= 15 is 0 Å². The van der Waals surface area contributed by atoms with Gasteiger partial charge in [0.25, 0.3) is 0 Å². The number of hydrogen-bond acceptors (Lipinski definition) is 0. The molecule has 14 heavy (non-hydrogen) atoms. The lowest BCUT2D eigenvalue weighted by atomic mass is 10.0. The molecule has 2 heteroatoms.